The highest BCUT2D eigenvalue weighted by Crippen LogP contribution is 2.26. The number of imidazole rings is 1. The summed E-state index contributed by atoms with van der Waals surface area (Å²) in [5, 5.41) is 9.28. The Balaban J connectivity index is 2.26. The Bertz CT molecular complexity index is 766. The van der Waals surface area contributed by atoms with Crippen molar-refractivity contribution in [2.45, 2.75) is 0 Å². The summed E-state index contributed by atoms with van der Waals surface area (Å²) < 4.78 is 1.78. The summed E-state index contributed by atoms with van der Waals surface area (Å²) in [7, 11) is 0. The topological polar surface area (TPSA) is 54.6 Å². The van der Waals surface area contributed by atoms with Crippen LogP contribution < -0.4 is 0 Å². The number of aromatic nitrogens is 2. The molecule has 3 aromatic rings. The summed E-state index contributed by atoms with van der Waals surface area (Å²) in [6.45, 7) is 0. The number of aromatic carboxylic acids is 1. The predicted molar refractivity (Wildman–Crippen MR) is 72.6 cm³/mol. The van der Waals surface area contributed by atoms with E-state index in [9.17, 15) is 4.79 Å². The maximum Gasteiger partial charge on any atom is 0.335 e. The zero-order chi connectivity index (χ0) is 13.4. The fourth-order valence-corrected chi connectivity index (χ4v) is 2.20. The van der Waals surface area contributed by atoms with Gasteiger partial charge in [-0.2, -0.15) is 0 Å². The van der Waals surface area contributed by atoms with E-state index in [1.165, 1.54) is 12.1 Å². The normalized spacial score (nSPS) is 10.8. The zero-order valence-corrected chi connectivity index (χ0v) is 10.5. The molecule has 19 heavy (non-hydrogen) atoms. The molecule has 4 nitrogen and oxygen atoms in total. The van der Waals surface area contributed by atoms with E-state index in [1.54, 1.807) is 10.6 Å². The van der Waals surface area contributed by atoms with Crippen molar-refractivity contribution in [1.29, 1.82) is 0 Å². The Kier molecular flexibility index (Phi) is 2.72. The van der Waals surface area contributed by atoms with E-state index in [0.29, 0.717) is 16.5 Å². The molecule has 0 radical (unpaired) electrons. The number of rotatable bonds is 2. The molecule has 0 aliphatic carbocycles. The highest BCUT2D eigenvalue weighted by molar-refractivity contribution is 6.33. The molecule has 0 fully saturated rings. The summed E-state index contributed by atoms with van der Waals surface area (Å²) in [4.78, 5) is 15.3. The lowest BCUT2D eigenvalue weighted by atomic mass is 10.2. The first kappa shape index (κ1) is 11.7. The minimum Gasteiger partial charge on any atom is -0.478 e. The van der Waals surface area contributed by atoms with E-state index in [4.69, 9.17) is 16.7 Å². The van der Waals surface area contributed by atoms with Crippen LogP contribution in [0.5, 0.6) is 0 Å². The van der Waals surface area contributed by atoms with Gasteiger partial charge in [0.1, 0.15) is 5.82 Å². The van der Waals surface area contributed by atoms with Gasteiger partial charge in [-0.05, 0) is 12.1 Å². The largest absolute Gasteiger partial charge is 0.478 e. The van der Waals surface area contributed by atoms with Gasteiger partial charge in [-0.25, -0.2) is 9.78 Å². The molecule has 1 N–H and O–H groups in total. The average molecular weight is 273 g/mol. The third kappa shape index (κ3) is 1.96. The molecule has 94 valence electrons. The van der Waals surface area contributed by atoms with Crippen molar-refractivity contribution >= 4 is 23.1 Å². The molecule has 0 saturated heterocycles. The number of fused-ring (bicyclic) bond motifs is 1. The SMILES string of the molecule is O=C(O)c1ccn2c(-c3ccccc3)nc(Cl)c2c1. The van der Waals surface area contributed by atoms with E-state index in [0.717, 1.165) is 5.56 Å². The number of hydrogen-bond donors (Lipinski definition) is 1. The van der Waals surface area contributed by atoms with Gasteiger partial charge in [0.15, 0.2) is 5.15 Å². The minimum atomic E-state index is -0.985. The van der Waals surface area contributed by atoms with Crippen molar-refractivity contribution < 1.29 is 9.90 Å². The second-order valence-electron chi connectivity index (χ2n) is 4.07. The molecule has 5 heteroatoms. The average Bonchev–Trinajstić information content (AvgIpc) is 2.77. The van der Waals surface area contributed by atoms with Gasteiger partial charge in [0.2, 0.25) is 0 Å². The fourth-order valence-electron chi connectivity index (χ4n) is 1.97. The zero-order valence-electron chi connectivity index (χ0n) is 9.75. The van der Waals surface area contributed by atoms with Crippen LogP contribution in [0.2, 0.25) is 5.15 Å². The lowest BCUT2D eigenvalue weighted by Crippen LogP contribution is -1.97. The molecule has 0 unspecified atom stereocenters. The number of carboxylic acid groups (broad SMARTS) is 1. The van der Waals surface area contributed by atoms with Crippen molar-refractivity contribution in [3.63, 3.8) is 0 Å². The van der Waals surface area contributed by atoms with Gasteiger partial charge in [-0.1, -0.05) is 41.9 Å². The molecule has 0 aliphatic heterocycles. The molecule has 0 saturated carbocycles. The van der Waals surface area contributed by atoms with Crippen LogP contribution in [-0.4, -0.2) is 20.5 Å². The van der Waals surface area contributed by atoms with E-state index < -0.39 is 5.97 Å². The third-order valence-corrected chi connectivity index (χ3v) is 3.16. The number of carbonyl (C=O) groups is 1. The number of benzene rings is 1. The third-order valence-electron chi connectivity index (χ3n) is 2.88. The highest BCUT2D eigenvalue weighted by atomic mass is 35.5. The van der Waals surface area contributed by atoms with E-state index in [-0.39, 0.29) is 5.56 Å². The highest BCUT2D eigenvalue weighted by Gasteiger charge is 2.13. The van der Waals surface area contributed by atoms with E-state index >= 15 is 0 Å². The summed E-state index contributed by atoms with van der Waals surface area (Å²) in [6, 6.07) is 12.6. The number of pyridine rings is 1. The maximum absolute atomic E-state index is 11.0. The van der Waals surface area contributed by atoms with Gasteiger partial charge >= 0.3 is 5.97 Å². The van der Waals surface area contributed by atoms with Gasteiger partial charge < -0.3 is 5.11 Å². The lowest BCUT2D eigenvalue weighted by molar-refractivity contribution is 0.0697. The van der Waals surface area contributed by atoms with Crippen molar-refractivity contribution in [2.75, 3.05) is 0 Å². The second kappa shape index (κ2) is 4.40. The molecule has 0 aliphatic rings. The van der Waals surface area contributed by atoms with Crippen molar-refractivity contribution in [3.8, 4) is 11.4 Å². The summed E-state index contributed by atoms with van der Waals surface area (Å²) in [6.07, 6.45) is 1.67. The molecule has 3 rings (SSSR count). The van der Waals surface area contributed by atoms with E-state index in [2.05, 4.69) is 4.98 Å². The summed E-state index contributed by atoms with van der Waals surface area (Å²) in [5.74, 6) is -0.293. The van der Waals surface area contributed by atoms with Crippen LogP contribution in [0.4, 0.5) is 0 Å². The fraction of sp³-hybridized carbons (Fsp3) is 0. The van der Waals surface area contributed by atoms with Crippen molar-refractivity contribution in [1.82, 2.24) is 9.38 Å². The van der Waals surface area contributed by atoms with Crippen LogP contribution in [-0.2, 0) is 0 Å². The molecular formula is C14H9ClN2O2. The first-order chi connectivity index (χ1) is 9.16. The standard InChI is InChI=1S/C14H9ClN2O2/c15-12-11-8-10(14(18)19)6-7-17(11)13(16-12)9-4-2-1-3-5-9/h1-8H,(H,18,19). The predicted octanol–water partition coefficient (Wildman–Crippen LogP) is 3.35. The number of halogens is 1. The Labute approximate surface area is 113 Å². The van der Waals surface area contributed by atoms with Crippen LogP contribution in [0.1, 0.15) is 10.4 Å². The number of carboxylic acids is 1. The summed E-state index contributed by atoms with van der Waals surface area (Å²) >= 11 is 6.08. The minimum absolute atomic E-state index is 0.189. The number of nitrogens with zero attached hydrogens (tertiary/aromatic N) is 2. The molecule has 0 spiro atoms. The number of hydrogen-bond acceptors (Lipinski definition) is 2. The van der Waals surface area contributed by atoms with E-state index in [1.807, 2.05) is 30.3 Å². The molecule has 0 atom stereocenters. The quantitative estimate of drug-likeness (QED) is 0.778. The Morgan fingerprint density at radius 1 is 1.21 bits per heavy atom. The van der Waals surface area contributed by atoms with Crippen LogP contribution in [0.15, 0.2) is 48.7 Å². The molecular weight excluding hydrogens is 264 g/mol. The first-order valence-corrected chi connectivity index (χ1v) is 6.01. The molecule has 0 bridgehead atoms. The lowest BCUT2D eigenvalue weighted by Gasteiger charge is -2.01. The Morgan fingerprint density at radius 2 is 1.95 bits per heavy atom. The van der Waals surface area contributed by atoms with Crippen LogP contribution in [0, 0.1) is 0 Å². The molecule has 0 amide bonds. The summed E-state index contributed by atoms with van der Waals surface area (Å²) in [5.41, 5.74) is 1.70. The van der Waals surface area contributed by atoms with Crippen LogP contribution in [0.3, 0.4) is 0 Å². The van der Waals surface area contributed by atoms with Crippen molar-refractivity contribution in [2.24, 2.45) is 0 Å². The first-order valence-electron chi connectivity index (χ1n) is 5.63. The van der Waals surface area contributed by atoms with Crippen LogP contribution >= 0.6 is 11.6 Å². The smallest absolute Gasteiger partial charge is 0.335 e. The maximum atomic E-state index is 11.0. The van der Waals surface area contributed by atoms with Gasteiger partial charge in [0.25, 0.3) is 0 Å². The monoisotopic (exact) mass is 272 g/mol. The molecule has 2 heterocycles. The Morgan fingerprint density at radius 3 is 2.63 bits per heavy atom. The van der Waals surface area contributed by atoms with Gasteiger partial charge in [-0.3, -0.25) is 4.40 Å². The van der Waals surface area contributed by atoms with Gasteiger partial charge in [0, 0.05) is 11.8 Å². The Hall–Kier alpha value is -2.33. The van der Waals surface area contributed by atoms with Gasteiger partial charge in [0.05, 0.1) is 11.1 Å². The molecule has 1 aromatic carbocycles. The van der Waals surface area contributed by atoms with Crippen molar-refractivity contribution in [3.05, 3.63) is 59.4 Å². The molecule has 2 aromatic heterocycles. The second-order valence-corrected chi connectivity index (χ2v) is 4.43. The van der Waals surface area contributed by atoms with Crippen LogP contribution in [0.25, 0.3) is 16.9 Å². The van der Waals surface area contributed by atoms with Gasteiger partial charge in [-0.15, -0.1) is 0 Å².